The molecule has 180 valence electrons. The second-order valence-corrected chi connectivity index (χ2v) is 10.0. The summed E-state index contributed by atoms with van der Waals surface area (Å²) in [5.41, 5.74) is 3.17. The molecule has 4 aromatic rings. The van der Waals surface area contributed by atoms with Crippen molar-refractivity contribution < 1.29 is 14.3 Å². The Morgan fingerprint density at radius 1 is 1.34 bits per heavy atom. The molecule has 0 atom stereocenters. The van der Waals surface area contributed by atoms with E-state index in [9.17, 15) is 9.18 Å². The van der Waals surface area contributed by atoms with Crippen LogP contribution >= 0.6 is 22.9 Å². The average molecular weight is 511 g/mol. The molecule has 35 heavy (non-hydrogen) atoms. The van der Waals surface area contributed by atoms with Crippen molar-refractivity contribution >= 4 is 39.8 Å². The molecular formula is C26H24ClFN4O2S. The van der Waals surface area contributed by atoms with Crippen LogP contribution in [0.15, 0.2) is 42.6 Å². The summed E-state index contributed by atoms with van der Waals surface area (Å²) in [4.78, 5) is 18.8. The topological polar surface area (TPSA) is 102 Å². The summed E-state index contributed by atoms with van der Waals surface area (Å²) in [7, 11) is 0. The van der Waals surface area contributed by atoms with E-state index in [-0.39, 0.29) is 11.5 Å². The van der Waals surface area contributed by atoms with Crippen molar-refractivity contribution in [3.63, 3.8) is 0 Å². The maximum absolute atomic E-state index is 13.2. The molecule has 0 amide bonds. The third kappa shape index (κ3) is 6.25. The van der Waals surface area contributed by atoms with Gasteiger partial charge in [0.2, 0.25) is 0 Å². The van der Waals surface area contributed by atoms with E-state index in [1.807, 2.05) is 12.3 Å². The van der Waals surface area contributed by atoms with Gasteiger partial charge in [0, 0.05) is 17.1 Å². The molecule has 9 heteroatoms. The maximum Gasteiger partial charge on any atom is 0.356 e. The second kappa shape index (κ2) is 11.0. The van der Waals surface area contributed by atoms with E-state index in [1.165, 1.54) is 35.8 Å². The van der Waals surface area contributed by atoms with Gasteiger partial charge in [-0.3, -0.25) is 0 Å². The molecule has 2 aromatic heterocycles. The molecule has 1 aliphatic carbocycles. The van der Waals surface area contributed by atoms with Gasteiger partial charge in [0.1, 0.15) is 11.9 Å². The molecule has 0 aliphatic heterocycles. The smallest absolute Gasteiger partial charge is 0.356 e. The summed E-state index contributed by atoms with van der Waals surface area (Å²) in [6.45, 7) is 3.85. The second-order valence-electron chi connectivity index (χ2n) is 8.42. The largest absolute Gasteiger partial charge is 0.476 e. The quantitative estimate of drug-likeness (QED) is 0.257. The molecule has 2 heterocycles. The van der Waals surface area contributed by atoms with E-state index in [4.69, 9.17) is 22.0 Å². The first-order valence-corrected chi connectivity index (χ1v) is 12.4. The number of nitrogens with zero attached hydrogens (tertiary/aromatic N) is 2. The Hall–Kier alpha value is -3.25. The van der Waals surface area contributed by atoms with Crippen molar-refractivity contribution in [1.29, 1.82) is 5.26 Å². The lowest BCUT2D eigenvalue weighted by molar-refractivity contribution is 0.0692. The molecule has 1 fully saturated rings. The summed E-state index contributed by atoms with van der Waals surface area (Å²) in [6.07, 6.45) is 5.70. The van der Waals surface area contributed by atoms with Crippen LogP contribution in [0.5, 0.6) is 0 Å². The number of thiazole rings is 1. The standard InChI is InChI=1S/C14H17FN2.C12H7ClN2O2S/c15-12-3-4-14-13(7-12)11(9-17-14)5-6-16-8-10-1-2-10;1-6-15-10(12(16)17)11(18-6)7-2-3-9(13)8(4-7)5-14/h3-4,7,9-10,16-17H,1-2,5-6,8H2;2-4H,1H3,(H,16,17). The number of nitriles is 1. The Kier molecular flexibility index (Phi) is 7.81. The van der Waals surface area contributed by atoms with E-state index in [0.29, 0.717) is 26.0 Å². The van der Waals surface area contributed by atoms with Crippen LogP contribution in [0.1, 0.15) is 39.5 Å². The Morgan fingerprint density at radius 3 is 2.86 bits per heavy atom. The van der Waals surface area contributed by atoms with Gasteiger partial charge in [-0.15, -0.1) is 11.3 Å². The molecule has 1 saturated carbocycles. The first-order valence-electron chi connectivity index (χ1n) is 11.2. The summed E-state index contributed by atoms with van der Waals surface area (Å²) in [5.74, 6) is -0.331. The lowest BCUT2D eigenvalue weighted by Crippen LogP contribution is -2.19. The first-order chi connectivity index (χ1) is 16.9. The minimum Gasteiger partial charge on any atom is -0.476 e. The molecule has 0 radical (unpaired) electrons. The zero-order chi connectivity index (χ0) is 24.9. The number of nitrogens with one attached hydrogen (secondary N) is 2. The van der Waals surface area contributed by atoms with E-state index in [1.54, 1.807) is 37.3 Å². The van der Waals surface area contributed by atoms with E-state index >= 15 is 0 Å². The molecule has 3 N–H and O–H groups in total. The van der Waals surface area contributed by atoms with E-state index in [0.717, 1.165) is 36.3 Å². The number of rotatable bonds is 7. The van der Waals surface area contributed by atoms with Crippen molar-refractivity contribution in [2.24, 2.45) is 5.92 Å². The molecule has 0 unspecified atom stereocenters. The SMILES string of the molecule is Cc1nc(C(=O)O)c(-c2ccc(Cl)c(C#N)c2)s1.Fc1ccc2[nH]cc(CCNCC3CC3)c2c1. The molecule has 0 saturated heterocycles. The van der Waals surface area contributed by atoms with Crippen molar-refractivity contribution in [3.8, 4) is 16.5 Å². The third-order valence-corrected chi connectivity index (χ3v) is 7.07. The monoisotopic (exact) mass is 510 g/mol. The van der Waals surface area contributed by atoms with Crippen LogP contribution < -0.4 is 5.32 Å². The third-order valence-electron chi connectivity index (χ3n) is 5.72. The number of carboxylic acids is 1. The van der Waals surface area contributed by atoms with Gasteiger partial charge in [0.05, 0.1) is 20.5 Å². The molecule has 1 aliphatic rings. The first kappa shape index (κ1) is 24.9. The number of aromatic nitrogens is 2. The van der Waals surface area contributed by atoms with Crippen LogP contribution in [0.2, 0.25) is 5.02 Å². The predicted molar refractivity (Wildman–Crippen MR) is 137 cm³/mol. The van der Waals surface area contributed by atoms with Crippen LogP contribution in [0, 0.1) is 30.0 Å². The number of benzene rings is 2. The number of fused-ring (bicyclic) bond motifs is 1. The fourth-order valence-electron chi connectivity index (χ4n) is 3.73. The predicted octanol–water partition coefficient (Wildman–Crippen LogP) is 6.19. The highest BCUT2D eigenvalue weighted by Gasteiger charge is 2.20. The summed E-state index contributed by atoms with van der Waals surface area (Å²) in [6, 6.07) is 11.7. The van der Waals surface area contributed by atoms with Gasteiger partial charge in [-0.2, -0.15) is 5.26 Å². The number of H-pyrrole nitrogens is 1. The van der Waals surface area contributed by atoms with Crippen molar-refractivity contribution in [3.05, 3.63) is 75.3 Å². The Balaban J connectivity index is 0.000000165. The molecular weight excluding hydrogens is 487 g/mol. The highest BCUT2D eigenvalue weighted by atomic mass is 35.5. The number of carbonyl (C=O) groups is 1. The lowest BCUT2D eigenvalue weighted by atomic mass is 10.1. The van der Waals surface area contributed by atoms with Crippen LogP contribution in [0.25, 0.3) is 21.3 Å². The van der Waals surface area contributed by atoms with Gasteiger partial charge in [0.25, 0.3) is 0 Å². The highest BCUT2D eigenvalue weighted by molar-refractivity contribution is 7.15. The van der Waals surface area contributed by atoms with Crippen LogP contribution in [-0.2, 0) is 6.42 Å². The summed E-state index contributed by atoms with van der Waals surface area (Å²) < 4.78 is 13.2. The molecule has 0 bridgehead atoms. The Labute approximate surface area is 211 Å². The summed E-state index contributed by atoms with van der Waals surface area (Å²) in [5, 5.41) is 23.5. The zero-order valence-electron chi connectivity index (χ0n) is 19.1. The number of carboxylic acid groups (broad SMARTS) is 1. The van der Waals surface area contributed by atoms with Crippen LogP contribution in [-0.4, -0.2) is 34.1 Å². The van der Waals surface area contributed by atoms with Crippen LogP contribution in [0.4, 0.5) is 4.39 Å². The maximum atomic E-state index is 13.2. The Bertz CT molecular complexity index is 1400. The number of aromatic amines is 1. The lowest BCUT2D eigenvalue weighted by Gasteiger charge is -2.02. The number of halogens is 2. The van der Waals surface area contributed by atoms with Crippen molar-refractivity contribution in [2.75, 3.05) is 13.1 Å². The molecule has 0 spiro atoms. The number of hydrogen-bond acceptors (Lipinski definition) is 5. The number of aromatic carboxylic acids is 1. The number of hydrogen-bond donors (Lipinski definition) is 3. The van der Waals surface area contributed by atoms with Gasteiger partial charge < -0.3 is 15.4 Å². The van der Waals surface area contributed by atoms with Gasteiger partial charge in [-0.05, 0) is 86.7 Å². The van der Waals surface area contributed by atoms with E-state index in [2.05, 4.69) is 15.3 Å². The number of aryl methyl sites for hydroxylation is 1. The molecule has 2 aromatic carbocycles. The van der Waals surface area contributed by atoms with Gasteiger partial charge in [-0.25, -0.2) is 14.2 Å². The van der Waals surface area contributed by atoms with Crippen molar-refractivity contribution in [2.45, 2.75) is 26.2 Å². The van der Waals surface area contributed by atoms with Gasteiger partial charge in [-0.1, -0.05) is 17.7 Å². The fourth-order valence-corrected chi connectivity index (χ4v) is 4.80. The van der Waals surface area contributed by atoms with Gasteiger partial charge in [0.15, 0.2) is 5.69 Å². The van der Waals surface area contributed by atoms with E-state index < -0.39 is 5.97 Å². The summed E-state index contributed by atoms with van der Waals surface area (Å²) >= 11 is 7.12. The molecule has 5 rings (SSSR count). The van der Waals surface area contributed by atoms with Crippen molar-refractivity contribution in [1.82, 2.24) is 15.3 Å². The normalized spacial score (nSPS) is 12.7. The highest BCUT2D eigenvalue weighted by Crippen LogP contribution is 2.32. The minimum atomic E-state index is -1.08. The minimum absolute atomic E-state index is 0.00344. The fraction of sp³-hybridized carbons (Fsp3) is 0.269. The molecule has 6 nitrogen and oxygen atoms in total. The average Bonchev–Trinajstić information content (AvgIpc) is 3.46. The van der Waals surface area contributed by atoms with Crippen LogP contribution in [0.3, 0.4) is 0 Å². The zero-order valence-corrected chi connectivity index (χ0v) is 20.6. The Morgan fingerprint density at radius 2 is 2.14 bits per heavy atom. The van der Waals surface area contributed by atoms with Gasteiger partial charge >= 0.3 is 5.97 Å².